The molecule has 0 amide bonds. The molecule has 0 aliphatic carbocycles. The van der Waals surface area contributed by atoms with Gasteiger partial charge in [-0.25, -0.2) is 0 Å². The van der Waals surface area contributed by atoms with Crippen molar-refractivity contribution in [2.24, 2.45) is 0 Å². The predicted octanol–water partition coefficient (Wildman–Crippen LogP) is 2.19. The molecule has 0 aromatic heterocycles. The van der Waals surface area contributed by atoms with E-state index in [1.807, 2.05) is 12.1 Å². The molecule has 1 aromatic rings. The zero-order chi connectivity index (χ0) is 14.6. The molecule has 1 aromatic carbocycles. The van der Waals surface area contributed by atoms with Gasteiger partial charge in [0.15, 0.2) is 0 Å². The van der Waals surface area contributed by atoms with Crippen LogP contribution in [0, 0.1) is 0 Å². The number of halogens is 1. The van der Waals surface area contributed by atoms with Crippen LogP contribution in [0.2, 0.25) is 5.02 Å². The number of β-amino-alcohol motifs (C(OH)–C–C–N with tert-alkyl or cyclic N) is 1. The van der Waals surface area contributed by atoms with Gasteiger partial charge in [0.25, 0.3) is 0 Å². The van der Waals surface area contributed by atoms with Crippen LogP contribution in [-0.2, 0) is 4.74 Å². The highest BCUT2D eigenvalue weighted by Crippen LogP contribution is 2.23. The number of hydrogen-bond donors (Lipinski definition) is 1. The summed E-state index contributed by atoms with van der Waals surface area (Å²) >= 11 is 6.01. The van der Waals surface area contributed by atoms with E-state index in [-0.39, 0.29) is 12.1 Å². The number of nitrogens with zero attached hydrogens (tertiary/aromatic N) is 1. The Morgan fingerprint density at radius 1 is 1.45 bits per heavy atom. The molecule has 1 atom stereocenters. The minimum Gasteiger partial charge on any atom is -0.489 e. The molecule has 2 rings (SSSR count). The number of benzene rings is 1. The molecule has 112 valence electrons. The molecule has 0 saturated carbocycles. The van der Waals surface area contributed by atoms with E-state index in [1.165, 1.54) is 0 Å². The molecule has 1 N–H and O–H groups in total. The van der Waals surface area contributed by atoms with Gasteiger partial charge in [-0.3, -0.25) is 4.90 Å². The molecule has 4 nitrogen and oxygen atoms in total. The SMILES string of the molecule is CC1(C)COCCN1CC(O)COc1ccccc1Cl. The van der Waals surface area contributed by atoms with Crippen molar-refractivity contribution in [2.45, 2.75) is 25.5 Å². The van der Waals surface area contributed by atoms with E-state index >= 15 is 0 Å². The Hall–Kier alpha value is -0.810. The number of para-hydroxylation sites is 1. The molecule has 0 radical (unpaired) electrons. The fourth-order valence-corrected chi connectivity index (χ4v) is 2.47. The van der Waals surface area contributed by atoms with Crippen molar-refractivity contribution in [3.63, 3.8) is 0 Å². The van der Waals surface area contributed by atoms with Crippen LogP contribution in [-0.4, -0.2) is 54.6 Å². The highest BCUT2D eigenvalue weighted by molar-refractivity contribution is 6.32. The van der Waals surface area contributed by atoms with E-state index < -0.39 is 6.10 Å². The average Bonchev–Trinajstić information content (AvgIpc) is 2.40. The molecule has 1 saturated heterocycles. The lowest BCUT2D eigenvalue weighted by molar-refractivity contribution is -0.0703. The molecule has 1 fully saturated rings. The number of aliphatic hydroxyl groups is 1. The molecule has 0 bridgehead atoms. The fraction of sp³-hybridized carbons (Fsp3) is 0.600. The number of ether oxygens (including phenoxy) is 2. The van der Waals surface area contributed by atoms with Crippen molar-refractivity contribution in [3.05, 3.63) is 29.3 Å². The lowest BCUT2D eigenvalue weighted by atomic mass is 10.0. The van der Waals surface area contributed by atoms with E-state index in [4.69, 9.17) is 21.1 Å². The first-order valence-corrected chi connectivity index (χ1v) is 7.25. The van der Waals surface area contributed by atoms with Crippen LogP contribution in [0.3, 0.4) is 0 Å². The molecular formula is C15H22ClNO3. The van der Waals surface area contributed by atoms with E-state index in [2.05, 4.69) is 18.7 Å². The molecule has 1 heterocycles. The quantitative estimate of drug-likeness (QED) is 0.905. The standard InChI is InChI=1S/C15H22ClNO3/c1-15(2)11-19-8-7-17(15)9-12(18)10-20-14-6-4-3-5-13(14)16/h3-6,12,18H,7-11H2,1-2H3. The lowest BCUT2D eigenvalue weighted by Crippen LogP contribution is -2.55. The largest absolute Gasteiger partial charge is 0.489 e. The first kappa shape index (κ1) is 15.6. The predicted molar refractivity (Wildman–Crippen MR) is 79.4 cm³/mol. The average molecular weight is 300 g/mol. The molecule has 1 aliphatic heterocycles. The second-order valence-corrected chi connectivity index (χ2v) is 6.11. The van der Waals surface area contributed by atoms with E-state index in [0.717, 1.165) is 6.54 Å². The smallest absolute Gasteiger partial charge is 0.138 e. The Bertz CT molecular complexity index is 439. The van der Waals surface area contributed by atoms with Crippen molar-refractivity contribution < 1.29 is 14.6 Å². The maximum absolute atomic E-state index is 10.1. The van der Waals surface area contributed by atoms with Crippen LogP contribution in [0.4, 0.5) is 0 Å². The van der Waals surface area contributed by atoms with Crippen LogP contribution < -0.4 is 4.74 Å². The van der Waals surface area contributed by atoms with Crippen LogP contribution >= 0.6 is 11.6 Å². The maximum Gasteiger partial charge on any atom is 0.138 e. The van der Waals surface area contributed by atoms with Gasteiger partial charge in [-0.2, -0.15) is 0 Å². The summed E-state index contributed by atoms with van der Waals surface area (Å²) in [6.07, 6.45) is -0.552. The summed E-state index contributed by atoms with van der Waals surface area (Å²) in [5.41, 5.74) is -0.0520. The summed E-state index contributed by atoms with van der Waals surface area (Å²) in [4.78, 5) is 2.23. The maximum atomic E-state index is 10.1. The third kappa shape index (κ3) is 4.09. The van der Waals surface area contributed by atoms with Gasteiger partial charge in [-0.15, -0.1) is 0 Å². The van der Waals surface area contributed by atoms with Crippen molar-refractivity contribution in [1.82, 2.24) is 4.90 Å². The van der Waals surface area contributed by atoms with Gasteiger partial charge in [0.2, 0.25) is 0 Å². The Balaban J connectivity index is 1.83. The summed E-state index contributed by atoms with van der Waals surface area (Å²) in [6.45, 7) is 7.27. The van der Waals surface area contributed by atoms with E-state index in [1.54, 1.807) is 12.1 Å². The summed E-state index contributed by atoms with van der Waals surface area (Å²) in [5.74, 6) is 0.606. The van der Waals surface area contributed by atoms with Crippen LogP contribution in [0.1, 0.15) is 13.8 Å². The van der Waals surface area contributed by atoms with Gasteiger partial charge in [-0.05, 0) is 26.0 Å². The molecular weight excluding hydrogens is 278 g/mol. The summed E-state index contributed by atoms with van der Waals surface area (Å²) in [5, 5.41) is 10.7. The number of hydrogen-bond acceptors (Lipinski definition) is 4. The fourth-order valence-electron chi connectivity index (χ4n) is 2.28. The number of aliphatic hydroxyl groups excluding tert-OH is 1. The highest BCUT2D eigenvalue weighted by atomic mass is 35.5. The summed E-state index contributed by atoms with van der Waals surface area (Å²) < 4.78 is 11.0. The monoisotopic (exact) mass is 299 g/mol. The van der Waals surface area contributed by atoms with Crippen molar-refractivity contribution in [1.29, 1.82) is 0 Å². The third-order valence-electron chi connectivity index (χ3n) is 3.52. The molecule has 5 heteroatoms. The molecule has 0 spiro atoms. The Morgan fingerprint density at radius 3 is 2.90 bits per heavy atom. The van der Waals surface area contributed by atoms with Crippen molar-refractivity contribution >= 4 is 11.6 Å². The van der Waals surface area contributed by atoms with Crippen LogP contribution in [0.15, 0.2) is 24.3 Å². The van der Waals surface area contributed by atoms with Gasteiger partial charge in [0.05, 0.1) is 18.2 Å². The Kier molecular flexibility index (Phi) is 5.27. The van der Waals surface area contributed by atoms with Gasteiger partial charge in [0, 0.05) is 18.6 Å². The lowest BCUT2D eigenvalue weighted by Gasteiger charge is -2.42. The topological polar surface area (TPSA) is 41.9 Å². The zero-order valence-corrected chi connectivity index (χ0v) is 12.8. The minimum atomic E-state index is -0.552. The molecule has 1 aliphatic rings. The Morgan fingerprint density at radius 2 is 2.20 bits per heavy atom. The Labute approximate surface area is 125 Å². The normalized spacial score (nSPS) is 20.6. The highest BCUT2D eigenvalue weighted by Gasteiger charge is 2.31. The van der Waals surface area contributed by atoms with Gasteiger partial charge in [0.1, 0.15) is 18.5 Å². The molecule has 20 heavy (non-hydrogen) atoms. The van der Waals surface area contributed by atoms with Gasteiger partial charge in [-0.1, -0.05) is 23.7 Å². The second kappa shape index (κ2) is 6.76. The van der Waals surface area contributed by atoms with Crippen molar-refractivity contribution in [2.75, 3.05) is 32.9 Å². The van der Waals surface area contributed by atoms with Gasteiger partial charge < -0.3 is 14.6 Å². The number of morpholine rings is 1. The third-order valence-corrected chi connectivity index (χ3v) is 3.83. The van der Waals surface area contributed by atoms with E-state index in [0.29, 0.717) is 30.5 Å². The van der Waals surface area contributed by atoms with Gasteiger partial charge >= 0.3 is 0 Å². The second-order valence-electron chi connectivity index (χ2n) is 5.71. The zero-order valence-electron chi connectivity index (χ0n) is 12.0. The first-order valence-electron chi connectivity index (χ1n) is 6.87. The van der Waals surface area contributed by atoms with Crippen LogP contribution in [0.25, 0.3) is 0 Å². The molecule has 1 unspecified atom stereocenters. The van der Waals surface area contributed by atoms with E-state index in [9.17, 15) is 5.11 Å². The number of rotatable bonds is 5. The van der Waals surface area contributed by atoms with Crippen LogP contribution in [0.5, 0.6) is 5.75 Å². The summed E-state index contributed by atoms with van der Waals surface area (Å²) in [7, 11) is 0. The first-order chi connectivity index (χ1) is 9.49. The minimum absolute atomic E-state index is 0.0520. The summed E-state index contributed by atoms with van der Waals surface area (Å²) in [6, 6.07) is 7.28. The van der Waals surface area contributed by atoms with Crippen molar-refractivity contribution in [3.8, 4) is 5.75 Å².